The summed E-state index contributed by atoms with van der Waals surface area (Å²) in [4.78, 5) is 0. The van der Waals surface area contributed by atoms with Crippen LogP contribution >= 0.6 is 15.9 Å². The lowest BCUT2D eigenvalue weighted by atomic mass is 9.80. The number of methoxy groups -OCH3 is 1. The topological polar surface area (TPSA) is 9.23 Å². The molecule has 1 nitrogen and oxygen atoms in total. The quantitative estimate of drug-likeness (QED) is 0.745. The van der Waals surface area contributed by atoms with E-state index in [2.05, 4.69) is 41.1 Å². The van der Waals surface area contributed by atoms with Crippen molar-refractivity contribution in [3.8, 4) is 5.75 Å². The van der Waals surface area contributed by atoms with Crippen molar-refractivity contribution >= 4 is 15.9 Å². The third-order valence-corrected chi connectivity index (χ3v) is 5.16. The molecule has 0 spiro atoms. The first-order valence-corrected chi connectivity index (χ1v) is 7.61. The molecule has 1 aromatic carbocycles. The van der Waals surface area contributed by atoms with Gasteiger partial charge in [0.15, 0.2) is 0 Å². The standard InChI is InChI=1S/C15H21BrO/c1-3-12-10-13(6-7-14(12)17-2)15(11-16)8-4-5-9-15/h6-7,10H,3-5,8-9,11H2,1-2H3. The Bertz CT molecular complexity index is 381. The molecule has 0 bridgehead atoms. The normalized spacial score (nSPS) is 18.3. The van der Waals surface area contributed by atoms with E-state index in [0.717, 1.165) is 17.5 Å². The average molecular weight is 297 g/mol. The fourth-order valence-corrected chi connectivity index (χ4v) is 3.82. The summed E-state index contributed by atoms with van der Waals surface area (Å²) in [6.07, 6.45) is 6.38. The van der Waals surface area contributed by atoms with Gasteiger partial charge in [-0.1, -0.05) is 47.8 Å². The van der Waals surface area contributed by atoms with Crippen LogP contribution in [0.25, 0.3) is 0 Å². The molecule has 0 atom stereocenters. The van der Waals surface area contributed by atoms with Crippen LogP contribution in [0.5, 0.6) is 5.75 Å². The zero-order chi connectivity index (χ0) is 12.3. The third kappa shape index (κ3) is 2.37. The minimum absolute atomic E-state index is 0.371. The SMILES string of the molecule is CCc1cc(C2(CBr)CCCC2)ccc1OC. The summed E-state index contributed by atoms with van der Waals surface area (Å²) in [5.41, 5.74) is 3.19. The number of alkyl halides is 1. The van der Waals surface area contributed by atoms with Crippen LogP contribution in [-0.2, 0) is 11.8 Å². The van der Waals surface area contributed by atoms with E-state index in [1.165, 1.54) is 36.8 Å². The van der Waals surface area contributed by atoms with Gasteiger partial charge in [0.2, 0.25) is 0 Å². The number of benzene rings is 1. The number of hydrogen-bond acceptors (Lipinski definition) is 1. The predicted octanol–water partition coefficient (Wildman–Crippen LogP) is 4.46. The van der Waals surface area contributed by atoms with Gasteiger partial charge in [-0.15, -0.1) is 0 Å². The number of halogens is 1. The van der Waals surface area contributed by atoms with Gasteiger partial charge in [-0.05, 0) is 36.5 Å². The highest BCUT2D eigenvalue weighted by atomic mass is 79.9. The summed E-state index contributed by atoms with van der Waals surface area (Å²) in [6.45, 7) is 2.19. The monoisotopic (exact) mass is 296 g/mol. The molecule has 0 N–H and O–H groups in total. The van der Waals surface area contributed by atoms with E-state index in [1.54, 1.807) is 7.11 Å². The van der Waals surface area contributed by atoms with Gasteiger partial charge >= 0.3 is 0 Å². The Hall–Kier alpha value is -0.500. The Balaban J connectivity index is 2.38. The highest BCUT2D eigenvalue weighted by molar-refractivity contribution is 9.09. The largest absolute Gasteiger partial charge is 0.496 e. The van der Waals surface area contributed by atoms with Crippen LogP contribution in [0, 0.1) is 0 Å². The van der Waals surface area contributed by atoms with Crippen LogP contribution < -0.4 is 4.74 Å². The van der Waals surface area contributed by atoms with Crippen LogP contribution in [0.3, 0.4) is 0 Å². The molecule has 0 aliphatic heterocycles. The summed E-state index contributed by atoms with van der Waals surface area (Å²) in [6, 6.07) is 6.74. The van der Waals surface area contributed by atoms with E-state index in [9.17, 15) is 0 Å². The number of rotatable bonds is 4. The van der Waals surface area contributed by atoms with Gasteiger partial charge in [-0.2, -0.15) is 0 Å². The second-order valence-corrected chi connectivity index (χ2v) is 5.56. The van der Waals surface area contributed by atoms with Gasteiger partial charge in [0.25, 0.3) is 0 Å². The van der Waals surface area contributed by atoms with Crippen LogP contribution in [0.4, 0.5) is 0 Å². The highest BCUT2D eigenvalue weighted by Gasteiger charge is 2.34. The number of hydrogen-bond donors (Lipinski definition) is 0. The van der Waals surface area contributed by atoms with Crippen LogP contribution in [0.2, 0.25) is 0 Å². The molecule has 0 heterocycles. The van der Waals surface area contributed by atoms with Crippen LogP contribution in [-0.4, -0.2) is 12.4 Å². The minimum Gasteiger partial charge on any atom is -0.496 e. The molecule has 1 saturated carbocycles. The van der Waals surface area contributed by atoms with Gasteiger partial charge in [-0.3, -0.25) is 0 Å². The molecule has 0 radical (unpaired) electrons. The summed E-state index contributed by atoms with van der Waals surface area (Å²) < 4.78 is 5.41. The molecule has 1 aliphatic carbocycles. The fraction of sp³-hybridized carbons (Fsp3) is 0.600. The predicted molar refractivity (Wildman–Crippen MR) is 76.3 cm³/mol. The smallest absolute Gasteiger partial charge is 0.122 e. The minimum atomic E-state index is 0.371. The molecule has 0 unspecified atom stereocenters. The van der Waals surface area contributed by atoms with Gasteiger partial charge < -0.3 is 4.74 Å². The van der Waals surface area contributed by atoms with Gasteiger partial charge in [-0.25, -0.2) is 0 Å². The summed E-state index contributed by atoms with van der Waals surface area (Å²) in [5.74, 6) is 1.03. The Morgan fingerprint density at radius 3 is 2.53 bits per heavy atom. The van der Waals surface area contributed by atoms with Gasteiger partial charge in [0.1, 0.15) is 5.75 Å². The van der Waals surface area contributed by atoms with Crippen molar-refractivity contribution in [1.82, 2.24) is 0 Å². The van der Waals surface area contributed by atoms with E-state index >= 15 is 0 Å². The first-order chi connectivity index (χ1) is 8.25. The van der Waals surface area contributed by atoms with E-state index in [0.29, 0.717) is 5.41 Å². The molecular weight excluding hydrogens is 276 g/mol. The van der Waals surface area contributed by atoms with Crippen molar-refractivity contribution in [2.24, 2.45) is 0 Å². The molecule has 1 fully saturated rings. The van der Waals surface area contributed by atoms with Gasteiger partial charge in [0, 0.05) is 10.7 Å². The summed E-state index contributed by atoms with van der Waals surface area (Å²) in [5, 5.41) is 1.08. The summed E-state index contributed by atoms with van der Waals surface area (Å²) >= 11 is 3.72. The van der Waals surface area contributed by atoms with Crippen molar-refractivity contribution in [1.29, 1.82) is 0 Å². The van der Waals surface area contributed by atoms with E-state index < -0.39 is 0 Å². The fourth-order valence-electron chi connectivity index (χ4n) is 2.94. The molecule has 0 aromatic heterocycles. The van der Waals surface area contributed by atoms with Crippen LogP contribution in [0.1, 0.15) is 43.7 Å². The first kappa shape index (κ1) is 12.9. The van der Waals surface area contributed by atoms with Crippen molar-refractivity contribution in [2.45, 2.75) is 44.4 Å². The summed E-state index contributed by atoms with van der Waals surface area (Å²) in [7, 11) is 1.75. The van der Waals surface area contributed by atoms with Crippen molar-refractivity contribution in [3.63, 3.8) is 0 Å². The highest BCUT2D eigenvalue weighted by Crippen LogP contribution is 2.43. The number of ether oxygens (including phenoxy) is 1. The Kier molecular flexibility index (Phi) is 4.13. The molecule has 1 aliphatic rings. The van der Waals surface area contributed by atoms with Crippen LogP contribution in [0.15, 0.2) is 18.2 Å². The molecule has 2 rings (SSSR count). The Morgan fingerprint density at radius 2 is 2.00 bits per heavy atom. The average Bonchev–Trinajstić information content (AvgIpc) is 2.88. The van der Waals surface area contributed by atoms with E-state index in [4.69, 9.17) is 4.74 Å². The Morgan fingerprint density at radius 1 is 1.29 bits per heavy atom. The molecule has 0 amide bonds. The van der Waals surface area contributed by atoms with E-state index in [-0.39, 0.29) is 0 Å². The lowest BCUT2D eigenvalue weighted by molar-refractivity contribution is 0.409. The molecule has 2 heteroatoms. The maximum Gasteiger partial charge on any atom is 0.122 e. The van der Waals surface area contributed by atoms with Gasteiger partial charge in [0.05, 0.1) is 7.11 Å². The van der Waals surface area contributed by atoms with Crippen molar-refractivity contribution in [3.05, 3.63) is 29.3 Å². The zero-order valence-corrected chi connectivity index (χ0v) is 12.3. The second-order valence-electron chi connectivity index (χ2n) is 5.00. The molecule has 1 aromatic rings. The first-order valence-electron chi connectivity index (χ1n) is 6.49. The molecule has 17 heavy (non-hydrogen) atoms. The lowest BCUT2D eigenvalue weighted by Gasteiger charge is -2.28. The van der Waals surface area contributed by atoms with E-state index in [1.807, 2.05) is 0 Å². The third-order valence-electron chi connectivity index (χ3n) is 4.09. The van der Waals surface area contributed by atoms with Crippen molar-refractivity contribution < 1.29 is 4.74 Å². The lowest BCUT2D eigenvalue weighted by Crippen LogP contribution is -2.24. The molecular formula is C15H21BrO. The maximum atomic E-state index is 5.41. The zero-order valence-electron chi connectivity index (χ0n) is 10.8. The maximum absolute atomic E-state index is 5.41. The number of aryl methyl sites for hydroxylation is 1. The van der Waals surface area contributed by atoms with Crippen molar-refractivity contribution in [2.75, 3.05) is 12.4 Å². The molecule has 94 valence electrons. The molecule has 0 saturated heterocycles. The second kappa shape index (κ2) is 5.43. The Labute approximate surface area is 113 Å².